The molecule has 0 unspecified atom stereocenters. The molecule has 1 aliphatic carbocycles. The van der Waals surface area contributed by atoms with Gasteiger partial charge in [0.1, 0.15) is 11.5 Å². The summed E-state index contributed by atoms with van der Waals surface area (Å²) >= 11 is 5.94. The van der Waals surface area contributed by atoms with Gasteiger partial charge in [0.15, 0.2) is 0 Å². The normalized spacial score (nSPS) is 15.9. The molecular weight excluding hydrogens is 248 g/mol. The second-order valence-electron chi connectivity index (χ2n) is 4.96. The summed E-state index contributed by atoms with van der Waals surface area (Å²) in [5.41, 5.74) is 0.997. The lowest BCUT2D eigenvalue weighted by Crippen LogP contribution is -2.14. The Bertz CT molecular complexity index is 423. The Hall–Kier alpha value is -1.02. The third-order valence-corrected chi connectivity index (χ3v) is 3.98. The number of Topliss-reactive ketones (excluding diaryl/α,β-unsaturated/α-hetero) is 1. The summed E-state index contributed by atoms with van der Waals surface area (Å²) in [5, 5.41) is 0.740. The second-order valence-corrected chi connectivity index (χ2v) is 5.36. The quantitative estimate of drug-likeness (QED) is 0.799. The molecule has 0 spiro atoms. The van der Waals surface area contributed by atoms with Crippen molar-refractivity contribution in [2.24, 2.45) is 5.92 Å². The highest BCUT2D eigenvalue weighted by Crippen LogP contribution is 2.26. The Kier molecular flexibility index (Phi) is 4.65. The Balaban J connectivity index is 1.77. The standard InChI is InChI=1S/C15H19ClO2/c1-11-10-13(6-7-14(11)16)18-9-8-15(17)12-4-2-3-5-12/h6-7,10,12H,2-5,8-9H2,1H3. The molecule has 0 aromatic heterocycles. The fraction of sp³-hybridized carbons (Fsp3) is 0.533. The summed E-state index contributed by atoms with van der Waals surface area (Å²) < 4.78 is 5.59. The Morgan fingerprint density at radius 3 is 2.78 bits per heavy atom. The molecule has 0 bridgehead atoms. The summed E-state index contributed by atoms with van der Waals surface area (Å²) in [6.45, 7) is 2.41. The maximum atomic E-state index is 11.9. The van der Waals surface area contributed by atoms with Gasteiger partial charge in [-0.25, -0.2) is 0 Å². The van der Waals surface area contributed by atoms with E-state index in [2.05, 4.69) is 0 Å². The lowest BCUT2D eigenvalue weighted by molar-refractivity contribution is -0.123. The summed E-state index contributed by atoms with van der Waals surface area (Å²) in [6, 6.07) is 5.57. The zero-order chi connectivity index (χ0) is 13.0. The molecule has 1 aliphatic rings. The molecule has 0 amide bonds. The average Bonchev–Trinajstić information content (AvgIpc) is 2.87. The molecule has 1 aromatic rings. The van der Waals surface area contributed by atoms with Gasteiger partial charge in [0, 0.05) is 17.4 Å². The molecule has 2 rings (SSSR count). The van der Waals surface area contributed by atoms with E-state index in [0.29, 0.717) is 24.7 Å². The third-order valence-electron chi connectivity index (χ3n) is 3.56. The first-order chi connectivity index (χ1) is 8.66. The van der Waals surface area contributed by atoms with Crippen LogP contribution in [0, 0.1) is 12.8 Å². The zero-order valence-corrected chi connectivity index (χ0v) is 11.5. The molecule has 0 aliphatic heterocycles. The zero-order valence-electron chi connectivity index (χ0n) is 10.7. The Morgan fingerprint density at radius 2 is 2.11 bits per heavy atom. The van der Waals surface area contributed by atoms with E-state index in [-0.39, 0.29) is 0 Å². The average molecular weight is 267 g/mol. The van der Waals surface area contributed by atoms with Crippen molar-refractivity contribution in [2.75, 3.05) is 6.61 Å². The maximum absolute atomic E-state index is 11.9. The van der Waals surface area contributed by atoms with Crippen molar-refractivity contribution in [3.63, 3.8) is 0 Å². The van der Waals surface area contributed by atoms with E-state index in [4.69, 9.17) is 16.3 Å². The van der Waals surface area contributed by atoms with Crippen LogP contribution in [0.1, 0.15) is 37.7 Å². The topological polar surface area (TPSA) is 26.3 Å². The van der Waals surface area contributed by atoms with E-state index in [0.717, 1.165) is 29.2 Å². The minimum atomic E-state index is 0.292. The number of benzene rings is 1. The van der Waals surface area contributed by atoms with Gasteiger partial charge in [-0.15, -0.1) is 0 Å². The molecule has 1 saturated carbocycles. The number of ether oxygens (including phenoxy) is 1. The summed E-state index contributed by atoms with van der Waals surface area (Å²) in [6.07, 6.45) is 5.06. The van der Waals surface area contributed by atoms with Crippen LogP contribution < -0.4 is 4.74 Å². The van der Waals surface area contributed by atoms with Crippen LogP contribution in [-0.2, 0) is 4.79 Å². The van der Waals surface area contributed by atoms with Crippen LogP contribution in [0.2, 0.25) is 5.02 Å². The van der Waals surface area contributed by atoms with Gasteiger partial charge in [-0.1, -0.05) is 24.4 Å². The summed E-state index contributed by atoms with van der Waals surface area (Å²) in [4.78, 5) is 11.9. The van der Waals surface area contributed by atoms with Crippen LogP contribution in [0.15, 0.2) is 18.2 Å². The van der Waals surface area contributed by atoms with Gasteiger partial charge < -0.3 is 4.74 Å². The first-order valence-corrected chi connectivity index (χ1v) is 6.96. The Labute approximate surface area is 113 Å². The van der Waals surface area contributed by atoms with E-state index in [1.807, 2.05) is 25.1 Å². The molecule has 0 atom stereocenters. The second kappa shape index (κ2) is 6.24. The number of carbonyl (C=O) groups excluding carboxylic acids is 1. The number of rotatable bonds is 5. The largest absolute Gasteiger partial charge is 0.493 e. The highest BCUT2D eigenvalue weighted by atomic mass is 35.5. The van der Waals surface area contributed by atoms with Crippen LogP contribution in [0.3, 0.4) is 0 Å². The molecule has 0 radical (unpaired) electrons. The number of ketones is 1. The molecule has 0 saturated heterocycles. The molecule has 18 heavy (non-hydrogen) atoms. The van der Waals surface area contributed by atoms with Gasteiger partial charge in [-0.05, 0) is 43.5 Å². The van der Waals surface area contributed by atoms with Crippen molar-refractivity contribution in [3.05, 3.63) is 28.8 Å². The highest BCUT2D eigenvalue weighted by Gasteiger charge is 2.21. The summed E-state index contributed by atoms with van der Waals surface area (Å²) in [5.74, 6) is 1.44. The van der Waals surface area contributed by atoms with Gasteiger partial charge in [0.25, 0.3) is 0 Å². The van der Waals surface area contributed by atoms with Crippen LogP contribution in [0.4, 0.5) is 0 Å². The van der Waals surface area contributed by atoms with Gasteiger partial charge in [0.05, 0.1) is 6.61 Å². The fourth-order valence-corrected chi connectivity index (χ4v) is 2.55. The molecule has 98 valence electrons. The number of aryl methyl sites for hydroxylation is 1. The van der Waals surface area contributed by atoms with Crippen molar-refractivity contribution in [1.82, 2.24) is 0 Å². The monoisotopic (exact) mass is 266 g/mol. The lowest BCUT2D eigenvalue weighted by atomic mass is 10.0. The minimum Gasteiger partial charge on any atom is -0.493 e. The van der Waals surface area contributed by atoms with Gasteiger partial charge in [-0.3, -0.25) is 4.79 Å². The smallest absolute Gasteiger partial charge is 0.139 e. The van der Waals surface area contributed by atoms with Crippen molar-refractivity contribution >= 4 is 17.4 Å². The van der Waals surface area contributed by atoms with E-state index in [1.54, 1.807) is 0 Å². The maximum Gasteiger partial charge on any atom is 0.139 e. The lowest BCUT2D eigenvalue weighted by Gasteiger charge is -2.10. The van der Waals surface area contributed by atoms with Crippen LogP contribution in [-0.4, -0.2) is 12.4 Å². The SMILES string of the molecule is Cc1cc(OCCC(=O)C2CCCC2)ccc1Cl. The van der Waals surface area contributed by atoms with E-state index in [9.17, 15) is 4.79 Å². The minimum absolute atomic E-state index is 0.292. The molecule has 1 fully saturated rings. The highest BCUT2D eigenvalue weighted by molar-refractivity contribution is 6.31. The molecule has 0 N–H and O–H groups in total. The predicted molar refractivity (Wildman–Crippen MR) is 73.3 cm³/mol. The van der Waals surface area contributed by atoms with E-state index in [1.165, 1.54) is 12.8 Å². The first kappa shape index (κ1) is 13.4. The van der Waals surface area contributed by atoms with Crippen LogP contribution in [0.5, 0.6) is 5.75 Å². The number of carbonyl (C=O) groups is 1. The molecular formula is C15H19ClO2. The molecule has 0 heterocycles. The fourth-order valence-electron chi connectivity index (χ4n) is 2.43. The molecule has 3 heteroatoms. The Morgan fingerprint density at radius 1 is 1.39 bits per heavy atom. The number of hydrogen-bond acceptors (Lipinski definition) is 2. The number of halogens is 1. The van der Waals surface area contributed by atoms with Gasteiger partial charge in [0.2, 0.25) is 0 Å². The van der Waals surface area contributed by atoms with Crippen molar-refractivity contribution < 1.29 is 9.53 Å². The van der Waals surface area contributed by atoms with Gasteiger partial charge in [-0.2, -0.15) is 0 Å². The first-order valence-electron chi connectivity index (χ1n) is 6.58. The van der Waals surface area contributed by atoms with E-state index < -0.39 is 0 Å². The summed E-state index contributed by atoms with van der Waals surface area (Å²) in [7, 11) is 0. The van der Waals surface area contributed by atoms with Crippen LogP contribution >= 0.6 is 11.6 Å². The molecule has 2 nitrogen and oxygen atoms in total. The number of hydrogen-bond donors (Lipinski definition) is 0. The molecule has 1 aromatic carbocycles. The van der Waals surface area contributed by atoms with E-state index >= 15 is 0 Å². The van der Waals surface area contributed by atoms with Crippen molar-refractivity contribution in [2.45, 2.75) is 39.0 Å². The third kappa shape index (κ3) is 3.49. The van der Waals surface area contributed by atoms with Gasteiger partial charge >= 0.3 is 0 Å². The van der Waals surface area contributed by atoms with Crippen molar-refractivity contribution in [1.29, 1.82) is 0 Å². The van der Waals surface area contributed by atoms with Crippen molar-refractivity contribution in [3.8, 4) is 5.75 Å². The van der Waals surface area contributed by atoms with Crippen LogP contribution in [0.25, 0.3) is 0 Å². The predicted octanol–water partition coefficient (Wildman–Crippen LogP) is 4.18.